The molecule has 0 aliphatic heterocycles. The van der Waals surface area contributed by atoms with Crippen molar-refractivity contribution >= 4 is 40.0 Å². The van der Waals surface area contributed by atoms with E-state index in [9.17, 15) is 4.79 Å². The first kappa shape index (κ1) is 11.8. The molecule has 0 atom stereocenters. The molecule has 0 unspecified atom stereocenters. The van der Waals surface area contributed by atoms with Crippen LogP contribution in [0.4, 0.5) is 0 Å². The van der Waals surface area contributed by atoms with Gasteiger partial charge in [0.05, 0.1) is 16.2 Å². The van der Waals surface area contributed by atoms with Crippen LogP contribution in [0.3, 0.4) is 0 Å². The average molecular weight is 325 g/mol. The normalized spacial score (nSPS) is 9.93. The van der Waals surface area contributed by atoms with Crippen LogP contribution in [0.25, 0.3) is 0 Å². The van der Waals surface area contributed by atoms with Crippen LogP contribution in [0.2, 0.25) is 0 Å². The maximum absolute atomic E-state index is 11.6. The summed E-state index contributed by atoms with van der Waals surface area (Å²) in [5.41, 5.74) is 0.611. The summed E-state index contributed by atoms with van der Waals surface area (Å²) in [5.74, 6) is 1.01. The molecule has 0 N–H and O–H groups in total. The second-order valence-corrected chi connectivity index (χ2v) is 4.22. The third-order valence-electron chi connectivity index (χ3n) is 1.79. The Labute approximate surface area is 102 Å². The smallest absolute Gasteiger partial charge is 0.167 e. The molecule has 0 radical (unpaired) electrons. The summed E-state index contributed by atoms with van der Waals surface area (Å²) in [6.07, 6.45) is 0.345. The lowest BCUT2D eigenvalue weighted by Crippen LogP contribution is -2.03. The minimum absolute atomic E-state index is 0.0235. The zero-order chi connectivity index (χ0) is 10.6. The molecule has 0 saturated heterocycles. The SMILES string of the molecule is COc1c(I)cccc1C(=O)CCCl. The van der Waals surface area contributed by atoms with Gasteiger partial charge in [0.1, 0.15) is 5.75 Å². The van der Waals surface area contributed by atoms with Crippen molar-refractivity contribution in [1.29, 1.82) is 0 Å². The van der Waals surface area contributed by atoms with Crippen molar-refractivity contribution in [3.63, 3.8) is 0 Å². The number of hydrogen-bond donors (Lipinski definition) is 0. The number of carbonyl (C=O) groups is 1. The van der Waals surface area contributed by atoms with E-state index in [2.05, 4.69) is 22.6 Å². The van der Waals surface area contributed by atoms with Gasteiger partial charge in [-0.05, 0) is 34.7 Å². The Morgan fingerprint density at radius 3 is 2.86 bits per heavy atom. The zero-order valence-corrected chi connectivity index (χ0v) is 10.6. The van der Waals surface area contributed by atoms with Crippen LogP contribution in [-0.4, -0.2) is 18.8 Å². The highest BCUT2D eigenvalue weighted by molar-refractivity contribution is 14.1. The third-order valence-corrected chi connectivity index (χ3v) is 2.83. The Morgan fingerprint density at radius 1 is 1.57 bits per heavy atom. The molecule has 0 saturated carbocycles. The number of para-hydroxylation sites is 1. The summed E-state index contributed by atoms with van der Waals surface area (Å²) >= 11 is 7.66. The van der Waals surface area contributed by atoms with Gasteiger partial charge < -0.3 is 4.74 Å². The Bertz CT molecular complexity index is 339. The molecule has 0 fully saturated rings. The Balaban J connectivity index is 3.07. The van der Waals surface area contributed by atoms with Crippen LogP contribution >= 0.6 is 34.2 Å². The Morgan fingerprint density at radius 2 is 2.29 bits per heavy atom. The van der Waals surface area contributed by atoms with E-state index < -0.39 is 0 Å². The van der Waals surface area contributed by atoms with E-state index in [1.807, 2.05) is 12.1 Å². The third kappa shape index (κ3) is 2.60. The number of hydrogen-bond acceptors (Lipinski definition) is 2. The van der Waals surface area contributed by atoms with Crippen molar-refractivity contribution in [2.75, 3.05) is 13.0 Å². The van der Waals surface area contributed by atoms with Gasteiger partial charge in [-0.25, -0.2) is 0 Å². The number of carbonyl (C=O) groups excluding carboxylic acids is 1. The molecule has 76 valence electrons. The Kier molecular flexibility index (Phi) is 4.68. The van der Waals surface area contributed by atoms with Crippen LogP contribution < -0.4 is 4.74 Å². The molecule has 0 heterocycles. The fourth-order valence-corrected chi connectivity index (χ4v) is 2.05. The van der Waals surface area contributed by atoms with E-state index in [1.54, 1.807) is 13.2 Å². The molecule has 4 heteroatoms. The largest absolute Gasteiger partial charge is 0.495 e. The van der Waals surface area contributed by atoms with Gasteiger partial charge in [0.15, 0.2) is 5.78 Å². The van der Waals surface area contributed by atoms with Gasteiger partial charge in [-0.1, -0.05) is 6.07 Å². The molecular formula is C10H10ClIO2. The van der Waals surface area contributed by atoms with E-state index in [0.717, 1.165) is 3.57 Å². The Hall–Kier alpha value is -0.290. The van der Waals surface area contributed by atoms with Gasteiger partial charge in [-0.15, -0.1) is 11.6 Å². The maximum atomic E-state index is 11.6. The van der Waals surface area contributed by atoms with Gasteiger partial charge in [0.2, 0.25) is 0 Å². The van der Waals surface area contributed by atoms with Crippen molar-refractivity contribution in [1.82, 2.24) is 0 Å². The van der Waals surface area contributed by atoms with Crippen molar-refractivity contribution in [2.45, 2.75) is 6.42 Å². The molecule has 2 nitrogen and oxygen atoms in total. The van der Waals surface area contributed by atoms with Crippen molar-refractivity contribution in [3.05, 3.63) is 27.3 Å². The van der Waals surface area contributed by atoms with E-state index in [1.165, 1.54) is 0 Å². The number of benzene rings is 1. The van der Waals surface area contributed by atoms with Gasteiger partial charge in [-0.3, -0.25) is 4.79 Å². The molecule has 0 aliphatic rings. The highest BCUT2D eigenvalue weighted by Crippen LogP contribution is 2.26. The number of methoxy groups -OCH3 is 1. The number of Topliss-reactive ketones (excluding diaryl/α,β-unsaturated/α-hetero) is 1. The molecule has 1 rings (SSSR count). The summed E-state index contributed by atoms with van der Waals surface area (Å²) in [5, 5.41) is 0. The van der Waals surface area contributed by atoms with E-state index >= 15 is 0 Å². The lowest BCUT2D eigenvalue weighted by Gasteiger charge is -2.08. The number of alkyl halides is 1. The lowest BCUT2D eigenvalue weighted by molar-refractivity contribution is 0.0986. The zero-order valence-electron chi connectivity index (χ0n) is 7.72. The summed E-state index contributed by atoms with van der Waals surface area (Å²) in [6, 6.07) is 5.50. The fraction of sp³-hybridized carbons (Fsp3) is 0.300. The minimum Gasteiger partial charge on any atom is -0.495 e. The highest BCUT2D eigenvalue weighted by Gasteiger charge is 2.13. The molecule has 0 spiro atoms. The average Bonchev–Trinajstić information content (AvgIpc) is 2.17. The number of rotatable bonds is 4. The second-order valence-electron chi connectivity index (χ2n) is 2.68. The standard InChI is InChI=1S/C10H10ClIO2/c1-14-10-7(9(13)5-6-11)3-2-4-8(10)12/h2-4H,5-6H2,1H3. The molecule has 0 amide bonds. The first-order valence-corrected chi connectivity index (χ1v) is 5.73. The molecule has 1 aromatic carbocycles. The molecule has 14 heavy (non-hydrogen) atoms. The van der Waals surface area contributed by atoms with E-state index in [4.69, 9.17) is 16.3 Å². The minimum atomic E-state index is 0.0235. The molecular weight excluding hydrogens is 314 g/mol. The second kappa shape index (κ2) is 5.56. The topological polar surface area (TPSA) is 26.3 Å². The molecule has 0 bridgehead atoms. The van der Waals surface area contributed by atoms with Crippen LogP contribution in [-0.2, 0) is 0 Å². The molecule has 1 aromatic rings. The molecule has 0 aromatic heterocycles. The van der Waals surface area contributed by atoms with Gasteiger partial charge in [0, 0.05) is 12.3 Å². The summed E-state index contributed by atoms with van der Waals surface area (Å²) in [4.78, 5) is 11.6. The van der Waals surface area contributed by atoms with Crippen LogP contribution in [0, 0.1) is 3.57 Å². The highest BCUT2D eigenvalue weighted by atomic mass is 127. The van der Waals surface area contributed by atoms with Gasteiger partial charge in [-0.2, -0.15) is 0 Å². The first-order chi connectivity index (χ1) is 6.70. The monoisotopic (exact) mass is 324 g/mol. The van der Waals surface area contributed by atoms with Crippen LogP contribution in [0.5, 0.6) is 5.75 Å². The van der Waals surface area contributed by atoms with Crippen molar-refractivity contribution in [3.8, 4) is 5.75 Å². The van der Waals surface area contributed by atoms with Gasteiger partial charge >= 0.3 is 0 Å². The number of halogens is 2. The number of ketones is 1. The van der Waals surface area contributed by atoms with E-state index in [0.29, 0.717) is 23.6 Å². The van der Waals surface area contributed by atoms with Crippen molar-refractivity contribution < 1.29 is 9.53 Å². The van der Waals surface area contributed by atoms with Crippen LogP contribution in [0.15, 0.2) is 18.2 Å². The maximum Gasteiger partial charge on any atom is 0.167 e. The van der Waals surface area contributed by atoms with E-state index in [-0.39, 0.29) is 5.78 Å². The van der Waals surface area contributed by atoms with Crippen LogP contribution in [0.1, 0.15) is 16.8 Å². The summed E-state index contributed by atoms with van der Waals surface area (Å²) in [7, 11) is 1.56. The predicted octanol–water partition coefficient (Wildman–Crippen LogP) is 3.11. The number of ether oxygens (including phenoxy) is 1. The first-order valence-electron chi connectivity index (χ1n) is 4.12. The van der Waals surface area contributed by atoms with Crippen molar-refractivity contribution in [2.24, 2.45) is 0 Å². The van der Waals surface area contributed by atoms with Gasteiger partial charge in [0.25, 0.3) is 0 Å². The lowest BCUT2D eigenvalue weighted by atomic mass is 10.1. The predicted molar refractivity (Wildman–Crippen MR) is 65.4 cm³/mol. The molecule has 0 aliphatic carbocycles. The quantitative estimate of drug-likeness (QED) is 0.483. The summed E-state index contributed by atoms with van der Waals surface area (Å²) in [6.45, 7) is 0. The fourth-order valence-electron chi connectivity index (χ4n) is 1.16. The summed E-state index contributed by atoms with van der Waals surface area (Å²) < 4.78 is 6.11.